The molecule has 3 aromatic rings. The van der Waals surface area contributed by atoms with Crippen LogP contribution in [0, 0.1) is 6.92 Å². The second-order valence-electron chi connectivity index (χ2n) is 6.19. The van der Waals surface area contributed by atoms with Gasteiger partial charge < -0.3 is 5.32 Å². The van der Waals surface area contributed by atoms with E-state index in [0.29, 0.717) is 5.75 Å². The lowest BCUT2D eigenvalue weighted by atomic mass is 9.98. The van der Waals surface area contributed by atoms with E-state index in [1.165, 1.54) is 11.1 Å². The van der Waals surface area contributed by atoms with E-state index in [1.807, 2.05) is 31.3 Å². The minimum absolute atomic E-state index is 0.00255. The number of hydrogen-bond donors (Lipinski definition) is 1. The van der Waals surface area contributed by atoms with Crippen molar-refractivity contribution in [2.45, 2.75) is 12.2 Å². The van der Waals surface area contributed by atoms with Crippen LogP contribution in [0.15, 0.2) is 47.1 Å². The van der Waals surface area contributed by atoms with Crippen molar-refractivity contribution in [3.05, 3.63) is 63.8 Å². The van der Waals surface area contributed by atoms with Crippen LogP contribution in [-0.2, 0) is 11.8 Å². The third-order valence-corrected chi connectivity index (χ3v) is 6.15. The van der Waals surface area contributed by atoms with Gasteiger partial charge in [0.05, 0.1) is 16.7 Å². The first kappa shape index (κ1) is 17.3. The molecular formula is C19H17BrN4OS. The van der Waals surface area contributed by atoms with Gasteiger partial charge in [0, 0.05) is 23.3 Å². The Balaban J connectivity index is 1.95. The van der Waals surface area contributed by atoms with Gasteiger partial charge in [-0.25, -0.2) is 0 Å². The highest BCUT2D eigenvalue weighted by Crippen LogP contribution is 2.46. The summed E-state index contributed by atoms with van der Waals surface area (Å²) in [7, 11) is 1.85. The summed E-state index contributed by atoms with van der Waals surface area (Å²) >= 11 is 5.15. The molecule has 3 heterocycles. The lowest BCUT2D eigenvalue weighted by Gasteiger charge is -2.18. The number of benzene rings is 1. The molecule has 1 N–H and O–H groups in total. The highest BCUT2D eigenvalue weighted by Gasteiger charge is 2.32. The summed E-state index contributed by atoms with van der Waals surface area (Å²) in [6.45, 7) is 2.09. The Morgan fingerprint density at radius 2 is 2.15 bits per heavy atom. The number of amides is 1. The maximum Gasteiger partial charge on any atom is 0.235 e. The van der Waals surface area contributed by atoms with Crippen LogP contribution < -0.4 is 5.32 Å². The van der Waals surface area contributed by atoms with E-state index in [0.717, 1.165) is 27.2 Å². The van der Waals surface area contributed by atoms with Crippen molar-refractivity contribution in [2.24, 2.45) is 7.05 Å². The van der Waals surface area contributed by atoms with Crippen LogP contribution in [0.3, 0.4) is 0 Å². The van der Waals surface area contributed by atoms with Gasteiger partial charge in [0.1, 0.15) is 11.5 Å². The molecule has 0 radical (unpaired) electrons. The quantitative estimate of drug-likeness (QED) is 0.659. The zero-order valence-electron chi connectivity index (χ0n) is 14.4. The SMILES string of the molecule is Cc1cc(Br)ccc1C1SCC(=O)Nc2c1c(-c1ccccn1)nn2C. The Kier molecular flexibility index (Phi) is 4.58. The Morgan fingerprint density at radius 3 is 2.88 bits per heavy atom. The molecule has 0 aliphatic carbocycles. The number of pyridine rings is 1. The van der Waals surface area contributed by atoms with E-state index < -0.39 is 0 Å². The summed E-state index contributed by atoms with van der Waals surface area (Å²) in [5.41, 5.74) is 4.98. The lowest BCUT2D eigenvalue weighted by molar-refractivity contribution is -0.113. The number of carbonyl (C=O) groups is 1. The number of fused-ring (bicyclic) bond motifs is 1. The van der Waals surface area contributed by atoms with E-state index >= 15 is 0 Å². The van der Waals surface area contributed by atoms with Crippen LogP contribution in [0.2, 0.25) is 0 Å². The van der Waals surface area contributed by atoms with Crippen molar-refractivity contribution in [1.29, 1.82) is 0 Å². The second-order valence-corrected chi connectivity index (χ2v) is 8.20. The molecule has 4 rings (SSSR count). The maximum atomic E-state index is 12.3. The number of nitrogens with zero attached hydrogens (tertiary/aromatic N) is 3. The molecule has 1 aliphatic rings. The van der Waals surface area contributed by atoms with E-state index in [1.54, 1.807) is 22.6 Å². The number of nitrogens with one attached hydrogen (secondary N) is 1. The van der Waals surface area contributed by atoms with Crippen LogP contribution in [0.25, 0.3) is 11.4 Å². The molecule has 0 fully saturated rings. The van der Waals surface area contributed by atoms with Gasteiger partial charge in [0.15, 0.2) is 0 Å². The van der Waals surface area contributed by atoms with Gasteiger partial charge in [0.25, 0.3) is 0 Å². The van der Waals surface area contributed by atoms with Crippen molar-refractivity contribution < 1.29 is 4.79 Å². The molecular weight excluding hydrogens is 412 g/mol. The van der Waals surface area contributed by atoms with E-state index in [9.17, 15) is 4.79 Å². The summed E-state index contributed by atoms with van der Waals surface area (Å²) in [5.74, 6) is 1.13. The first-order chi connectivity index (χ1) is 12.5. The highest BCUT2D eigenvalue weighted by molar-refractivity contribution is 9.10. The third kappa shape index (κ3) is 3.05. The summed E-state index contributed by atoms with van der Waals surface area (Å²) in [6, 6.07) is 12.0. The summed E-state index contributed by atoms with van der Waals surface area (Å²) in [4.78, 5) is 16.7. The van der Waals surface area contributed by atoms with Gasteiger partial charge in [-0.2, -0.15) is 5.10 Å². The van der Waals surface area contributed by atoms with Crippen molar-refractivity contribution in [2.75, 3.05) is 11.1 Å². The minimum atomic E-state index is -0.0101. The predicted molar refractivity (Wildman–Crippen MR) is 108 cm³/mol. The van der Waals surface area contributed by atoms with Crippen LogP contribution in [0.4, 0.5) is 5.82 Å². The Morgan fingerprint density at radius 1 is 1.31 bits per heavy atom. The monoisotopic (exact) mass is 428 g/mol. The molecule has 1 atom stereocenters. The number of rotatable bonds is 2. The van der Waals surface area contributed by atoms with Gasteiger partial charge in [-0.3, -0.25) is 14.5 Å². The molecule has 1 aromatic carbocycles. The molecule has 7 heteroatoms. The topological polar surface area (TPSA) is 59.8 Å². The van der Waals surface area contributed by atoms with Gasteiger partial charge in [-0.05, 0) is 42.3 Å². The molecule has 0 saturated carbocycles. The van der Waals surface area contributed by atoms with Crippen LogP contribution in [0.1, 0.15) is 21.9 Å². The molecule has 1 unspecified atom stereocenters. The van der Waals surface area contributed by atoms with Crippen molar-refractivity contribution in [1.82, 2.24) is 14.8 Å². The Hall–Kier alpha value is -2.12. The highest BCUT2D eigenvalue weighted by atomic mass is 79.9. The maximum absolute atomic E-state index is 12.3. The zero-order valence-corrected chi connectivity index (χ0v) is 16.8. The van der Waals surface area contributed by atoms with E-state index in [4.69, 9.17) is 0 Å². The summed E-state index contributed by atoms with van der Waals surface area (Å²) < 4.78 is 2.78. The molecule has 1 aliphatic heterocycles. The predicted octanol–water partition coefficient (Wildman–Crippen LogP) is 4.33. The molecule has 0 bridgehead atoms. The molecule has 132 valence electrons. The third-order valence-electron chi connectivity index (χ3n) is 4.41. The minimum Gasteiger partial charge on any atom is -0.310 e. The normalized spacial score (nSPS) is 16.7. The number of anilines is 1. The fourth-order valence-corrected chi connectivity index (χ4v) is 4.92. The Bertz CT molecular complexity index is 987. The van der Waals surface area contributed by atoms with Crippen LogP contribution in [-0.4, -0.2) is 26.4 Å². The molecule has 1 amide bonds. The Labute approximate surface area is 164 Å². The largest absolute Gasteiger partial charge is 0.310 e. The van der Waals surface area contributed by atoms with Gasteiger partial charge in [0.2, 0.25) is 5.91 Å². The standard InChI is InChI=1S/C19H17BrN4OS/c1-11-9-12(20)6-7-13(11)18-16-17(14-5-3-4-8-21-14)23-24(2)19(16)22-15(25)10-26-18/h3-9,18H,10H2,1-2H3,(H,22,25). The van der Waals surface area contributed by atoms with E-state index in [2.05, 4.69) is 50.4 Å². The number of aryl methyl sites for hydroxylation is 2. The fourth-order valence-electron chi connectivity index (χ4n) is 3.22. The molecule has 5 nitrogen and oxygen atoms in total. The summed E-state index contributed by atoms with van der Waals surface area (Å²) in [5, 5.41) is 7.70. The van der Waals surface area contributed by atoms with Gasteiger partial charge in [-0.1, -0.05) is 28.1 Å². The van der Waals surface area contributed by atoms with Crippen molar-refractivity contribution >= 4 is 39.4 Å². The molecule has 2 aromatic heterocycles. The van der Waals surface area contributed by atoms with Crippen LogP contribution in [0.5, 0.6) is 0 Å². The number of hydrogen-bond acceptors (Lipinski definition) is 4. The molecule has 0 saturated heterocycles. The average molecular weight is 429 g/mol. The first-order valence-corrected chi connectivity index (χ1v) is 10.0. The zero-order chi connectivity index (χ0) is 18.3. The number of halogens is 1. The average Bonchev–Trinajstić information content (AvgIpc) is 2.83. The van der Waals surface area contributed by atoms with Crippen molar-refractivity contribution in [3.63, 3.8) is 0 Å². The molecule has 26 heavy (non-hydrogen) atoms. The van der Waals surface area contributed by atoms with Gasteiger partial charge in [-0.15, -0.1) is 11.8 Å². The first-order valence-electron chi connectivity index (χ1n) is 8.20. The van der Waals surface area contributed by atoms with Gasteiger partial charge >= 0.3 is 0 Å². The smallest absolute Gasteiger partial charge is 0.235 e. The van der Waals surface area contributed by atoms with E-state index in [-0.39, 0.29) is 11.2 Å². The lowest BCUT2D eigenvalue weighted by Crippen LogP contribution is -2.15. The number of aromatic nitrogens is 3. The number of thioether (sulfide) groups is 1. The number of carbonyl (C=O) groups excluding carboxylic acids is 1. The van der Waals surface area contributed by atoms with Crippen molar-refractivity contribution in [3.8, 4) is 11.4 Å². The van der Waals surface area contributed by atoms with Crippen LogP contribution >= 0.6 is 27.7 Å². The molecule has 0 spiro atoms. The summed E-state index contributed by atoms with van der Waals surface area (Å²) in [6.07, 6.45) is 1.76. The second kappa shape index (κ2) is 6.89. The fraction of sp³-hybridized carbons (Fsp3) is 0.211.